The Balaban J connectivity index is 1.78. The summed E-state index contributed by atoms with van der Waals surface area (Å²) in [4.78, 5) is 13.7. The van der Waals surface area contributed by atoms with Gasteiger partial charge >= 0.3 is 0 Å². The van der Waals surface area contributed by atoms with Gasteiger partial charge in [-0.25, -0.2) is 19.3 Å². The number of rotatable bonds is 5. The molecule has 0 bridgehead atoms. The maximum atomic E-state index is 13.7. The number of aryl methyl sites for hydroxylation is 2. The molecular formula is C20H20FN5. The van der Waals surface area contributed by atoms with E-state index in [4.69, 9.17) is 4.98 Å². The van der Waals surface area contributed by atoms with E-state index in [9.17, 15) is 4.39 Å². The summed E-state index contributed by atoms with van der Waals surface area (Å²) in [5.74, 6) is 1.40. The SMILES string of the molecule is CCCn1c(Cn2ccnc2-c2cc(F)ccc2C)nc2cccnc21. The lowest BCUT2D eigenvalue weighted by Gasteiger charge is -2.12. The van der Waals surface area contributed by atoms with E-state index in [-0.39, 0.29) is 5.82 Å². The summed E-state index contributed by atoms with van der Waals surface area (Å²) in [6.45, 7) is 5.51. The summed E-state index contributed by atoms with van der Waals surface area (Å²) >= 11 is 0. The number of benzene rings is 1. The van der Waals surface area contributed by atoms with Crippen molar-refractivity contribution in [3.8, 4) is 11.4 Å². The summed E-state index contributed by atoms with van der Waals surface area (Å²) in [6.07, 6.45) is 6.43. The second kappa shape index (κ2) is 6.71. The maximum Gasteiger partial charge on any atom is 0.160 e. The van der Waals surface area contributed by atoms with Crippen LogP contribution in [0, 0.1) is 12.7 Å². The Morgan fingerprint density at radius 2 is 2.00 bits per heavy atom. The van der Waals surface area contributed by atoms with Crippen LogP contribution in [0.1, 0.15) is 24.7 Å². The highest BCUT2D eigenvalue weighted by Crippen LogP contribution is 2.24. The number of fused-ring (bicyclic) bond motifs is 1. The predicted molar refractivity (Wildman–Crippen MR) is 99.3 cm³/mol. The van der Waals surface area contributed by atoms with Gasteiger partial charge in [0.15, 0.2) is 5.65 Å². The minimum absolute atomic E-state index is 0.262. The van der Waals surface area contributed by atoms with Crippen molar-refractivity contribution in [3.05, 3.63) is 66.1 Å². The van der Waals surface area contributed by atoms with Gasteiger partial charge in [-0.1, -0.05) is 13.0 Å². The molecule has 0 aliphatic rings. The van der Waals surface area contributed by atoms with Crippen molar-refractivity contribution in [2.45, 2.75) is 33.4 Å². The molecule has 1 aromatic carbocycles. The van der Waals surface area contributed by atoms with Crippen LogP contribution in [0.3, 0.4) is 0 Å². The largest absolute Gasteiger partial charge is 0.323 e. The molecule has 26 heavy (non-hydrogen) atoms. The van der Waals surface area contributed by atoms with Gasteiger partial charge in [-0.05, 0) is 43.2 Å². The van der Waals surface area contributed by atoms with Gasteiger partial charge in [-0.3, -0.25) is 0 Å². The van der Waals surface area contributed by atoms with Crippen LogP contribution in [-0.2, 0) is 13.1 Å². The standard InChI is InChI=1S/C20H20FN5/c1-3-10-26-18(24-17-5-4-8-22-20(17)26)13-25-11-9-23-19(25)16-12-15(21)7-6-14(16)2/h4-9,11-12H,3,10,13H2,1-2H3. The minimum Gasteiger partial charge on any atom is -0.323 e. The zero-order valence-corrected chi connectivity index (χ0v) is 14.9. The normalized spacial score (nSPS) is 11.3. The van der Waals surface area contributed by atoms with Gasteiger partial charge in [-0.15, -0.1) is 0 Å². The molecule has 0 unspecified atom stereocenters. The number of halogens is 1. The summed E-state index contributed by atoms with van der Waals surface area (Å²) < 4.78 is 17.9. The van der Waals surface area contributed by atoms with E-state index in [1.165, 1.54) is 12.1 Å². The number of imidazole rings is 2. The number of hydrogen-bond acceptors (Lipinski definition) is 3. The van der Waals surface area contributed by atoms with E-state index in [2.05, 4.69) is 21.5 Å². The van der Waals surface area contributed by atoms with Crippen LogP contribution in [0.4, 0.5) is 4.39 Å². The first-order valence-electron chi connectivity index (χ1n) is 8.75. The molecule has 0 amide bonds. The second-order valence-electron chi connectivity index (χ2n) is 6.36. The van der Waals surface area contributed by atoms with Gasteiger partial charge in [-0.2, -0.15) is 0 Å². The number of hydrogen-bond donors (Lipinski definition) is 0. The summed E-state index contributed by atoms with van der Waals surface area (Å²) in [5.41, 5.74) is 3.57. The lowest BCUT2D eigenvalue weighted by molar-refractivity contribution is 0.621. The smallest absolute Gasteiger partial charge is 0.160 e. The lowest BCUT2D eigenvalue weighted by Crippen LogP contribution is -2.10. The van der Waals surface area contributed by atoms with Gasteiger partial charge < -0.3 is 9.13 Å². The molecule has 0 N–H and O–H groups in total. The molecule has 0 aliphatic heterocycles. The lowest BCUT2D eigenvalue weighted by atomic mass is 10.1. The van der Waals surface area contributed by atoms with Crippen molar-refractivity contribution in [1.82, 2.24) is 24.1 Å². The fourth-order valence-electron chi connectivity index (χ4n) is 3.25. The van der Waals surface area contributed by atoms with E-state index in [1.54, 1.807) is 18.5 Å². The number of nitrogens with zero attached hydrogens (tertiary/aromatic N) is 5. The van der Waals surface area contributed by atoms with Crippen LogP contribution < -0.4 is 0 Å². The monoisotopic (exact) mass is 349 g/mol. The number of pyridine rings is 1. The molecular weight excluding hydrogens is 329 g/mol. The van der Waals surface area contributed by atoms with Crippen molar-refractivity contribution >= 4 is 11.2 Å². The molecule has 6 heteroatoms. The average Bonchev–Trinajstić information content (AvgIpc) is 3.23. The Morgan fingerprint density at radius 1 is 1.12 bits per heavy atom. The van der Waals surface area contributed by atoms with Crippen LogP contribution >= 0.6 is 0 Å². The molecule has 4 aromatic rings. The fraction of sp³-hybridized carbons (Fsp3) is 0.250. The van der Waals surface area contributed by atoms with Crippen molar-refractivity contribution in [3.63, 3.8) is 0 Å². The molecule has 3 heterocycles. The molecule has 4 rings (SSSR count). The Morgan fingerprint density at radius 3 is 2.85 bits per heavy atom. The van der Waals surface area contributed by atoms with E-state index in [0.717, 1.165) is 46.9 Å². The van der Waals surface area contributed by atoms with Crippen LogP contribution in [0.2, 0.25) is 0 Å². The molecule has 132 valence electrons. The summed E-state index contributed by atoms with van der Waals surface area (Å²) in [6, 6.07) is 8.65. The third-order valence-electron chi connectivity index (χ3n) is 4.50. The van der Waals surface area contributed by atoms with Crippen LogP contribution in [0.5, 0.6) is 0 Å². The molecule has 3 aromatic heterocycles. The van der Waals surface area contributed by atoms with Gasteiger partial charge in [0.1, 0.15) is 23.0 Å². The summed E-state index contributed by atoms with van der Waals surface area (Å²) in [5, 5.41) is 0. The quantitative estimate of drug-likeness (QED) is 0.542. The van der Waals surface area contributed by atoms with E-state index in [1.807, 2.05) is 29.8 Å². The van der Waals surface area contributed by atoms with Crippen molar-refractivity contribution in [2.24, 2.45) is 0 Å². The zero-order valence-electron chi connectivity index (χ0n) is 14.9. The highest BCUT2D eigenvalue weighted by atomic mass is 19.1. The van der Waals surface area contributed by atoms with Crippen molar-refractivity contribution in [1.29, 1.82) is 0 Å². The Kier molecular flexibility index (Phi) is 4.24. The fourth-order valence-corrected chi connectivity index (χ4v) is 3.25. The Hall–Kier alpha value is -3.02. The topological polar surface area (TPSA) is 48.5 Å². The first kappa shape index (κ1) is 16.4. The first-order valence-corrected chi connectivity index (χ1v) is 8.75. The van der Waals surface area contributed by atoms with Crippen molar-refractivity contribution < 1.29 is 4.39 Å². The first-order chi connectivity index (χ1) is 12.7. The highest BCUT2D eigenvalue weighted by molar-refractivity contribution is 5.71. The third kappa shape index (κ3) is 2.87. The molecule has 0 saturated carbocycles. The Labute approximate surface area is 151 Å². The van der Waals surface area contributed by atoms with Crippen LogP contribution in [-0.4, -0.2) is 24.1 Å². The average molecular weight is 349 g/mol. The third-order valence-corrected chi connectivity index (χ3v) is 4.50. The molecule has 0 spiro atoms. The van der Waals surface area contributed by atoms with E-state index in [0.29, 0.717) is 6.54 Å². The van der Waals surface area contributed by atoms with Crippen LogP contribution in [0.25, 0.3) is 22.6 Å². The zero-order chi connectivity index (χ0) is 18.1. The second-order valence-corrected chi connectivity index (χ2v) is 6.36. The molecule has 0 atom stereocenters. The highest BCUT2D eigenvalue weighted by Gasteiger charge is 2.15. The minimum atomic E-state index is -0.262. The Bertz CT molecular complexity index is 1060. The van der Waals surface area contributed by atoms with Crippen molar-refractivity contribution in [2.75, 3.05) is 0 Å². The summed E-state index contributed by atoms with van der Waals surface area (Å²) in [7, 11) is 0. The number of aromatic nitrogens is 5. The van der Waals surface area contributed by atoms with E-state index < -0.39 is 0 Å². The van der Waals surface area contributed by atoms with Crippen LogP contribution in [0.15, 0.2) is 48.9 Å². The van der Waals surface area contributed by atoms with Gasteiger partial charge in [0.25, 0.3) is 0 Å². The molecule has 0 saturated heterocycles. The van der Waals surface area contributed by atoms with Gasteiger partial charge in [0, 0.05) is 30.7 Å². The van der Waals surface area contributed by atoms with Gasteiger partial charge in [0.2, 0.25) is 0 Å². The van der Waals surface area contributed by atoms with E-state index >= 15 is 0 Å². The molecule has 5 nitrogen and oxygen atoms in total. The molecule has 0 fully saturated rings. The van der Waals surface area contributed by atoms with Gasteiger partial charge in [0.05, 0.1) is 6.54 Å². The molecule has 0 radical (unpaired) electrons. The molecule has 0 aliphatic carbocycles. The predicted octanol–water partition coefficient (Wildman–Crippen LogP) is 4.20. The maximum absolute atomic E-state index is 13.7.